The zero-order valence-corrected chi connectivity index (χ0v) is 12.8. The summed E-state index contributed by atoms with van der Waals surface area (Å²) in [5.74, 6) is 1.20. The van der Waals surface area contributed by atoms with Crippen LogP contribution in [0, 0.1) is 6.92 Å². The van der Waals surface area contributed by atoms with E-state index in [1.165, 1.54) is 0 Å². The molecule has 2 aromatic rings. The molecule has 112 valence electrons. The lowest BCUT2D eigenvalue weighted by Crippen LogP contribution is -2.52. The molecule has 0 spiro atoms. The summed E-state index contributed by atoms with van der Waals surface area (Å²) in [5, 5.41) is 7.55. The molecule has 0 radical (unpaired) electrons. The first kappa shape index (κ1) is 14.2. The second-order valence-corrected chi connectivity index (χ2v) is 5.89. The van der Waals surface area contributed by atoms with Crippen molar-refractivity contribution < 1.29 is 4.52 Å². The molecular weight excluding hydrogens is 266 g/mol. The summed E-state index contributed by atoms with van der Waals surface area (Å²) in [7, 11) is 0. The Morgan fingerprint density at radius 1 is 1.29 bits per heavy atom. The molecule has 1 fully saturated rings. The highest BCUT2D eigenvalue weighted by Gasteiger charge is 2.34. The Balaban J connectivity index is 1.89. The molecule has 2 aromatic heterocycles. The molecule has 3 heterocycles. The van der Waals surface area contributed by atoms with Crippen molar-refractivity contribution in [3.05, 3.63) is 29.7 Å². The molecule has 0 aromatic carbocycles. The molecule has 0 atom stereocenters. The lowest BCUT2D eigenvalue weighted by molar-refractivity contribution is 0.0925. The summed E-state index contributed by atoms with van der Waals surface area (Å²) in [5.41, 5.74) is 1.55. The van der Waals surface area contributed by atoms with Gasteiger partial charge in [-0.1, -0.05) is 11.2 Å². The van der Waals surface area contributed by atoms with Crippen molar-refractivity contribution >= 4 is 0 Å². The summed E-state index contributed by atoms with van der Waals surface area (Å²) in [6.45, 7) is 10.2. The van der Waals surface area contributed by atoms with Crippen molar-refractivity contribution in [2.45, 2.75) is 26.3 Å². The molecular formula is C15H21N5O. The number of nitrogens with one attached hydrogen (secondary N) is 1. The van der Waals surface area contributed by atoms with Crippen LogP contribution in [0.4, 0.5) is 0 Å². The van der Waals surface area contributed by atoms with Crippen molar-refractivity contribution in [1.82, 2.24) is 25.3 Å². The van der Waals surface area contributed by atoms with E-state index in [1.807, 2.05) is 19.1 Å². The molecule has 21 heavy (non-hydrogen) atoms. The van der Waals surface area contributed by atoms with Crippen LogP contribution < -0.4 is 5.32 Å². The van der Waals surface area contributed by atoms with Crippen LogP contribution >= 0.6 is 0 Å². The molecule has 0 aliphatic carbocycles. The zero-order valence-electron chi connectivity index (χ0n) is 12.8. The van der Waals surface area contributed by atoms with E-state index in [-0.39, 0.29) is 5.54 Å². The third kappa shape index (κ3) is 2.69. The average Bonchev–Trinajstić information content (AvgIpc) is 2.99. The minimum Gasteiger partial charge on any atom is -0.332 e. The third-order valence-corrected chi connectivity index (χ3v) is 4.09. The maximum absolute atomic E-state index is 5.44. The molecule has 0 bridgehead atoms. The van der Waals surface area contributed by atoms with Gasteiger partial charge in [0.2, 0.25) is 0 Å². The van der Waals surface area contributed by atoms with Gasteiger partial charge in [-0.2, -0.15) is 4.98 Å². The fraction of sp³-hybridized carbons (Fsp3) is 0.533. The molecule has 1 N–H and O–H groups in total. The van der Waals surface area contributed by atoms with E-state index in [1.54, 1.807) is 6.20 Å². The molecule has 0 amide bonds. The number of aryl methyl sites for hydroxylation is 1. The van der Waals surface area contributed by atoms with E-state index in [2.05, 4.69) is 39.2 Å². The van der Waals surface area contributed by atoms with Crippen molar-refractivity contribution in [2.75, 3.05) is 26.2 Å². The number of pyridine rings is 1. The van der Waals surface area contributed by atoms with E-state index in [0.29, 0.717) is 11.7 Å². The summed E-state index contributed by atoms with van der Waals surface area (Å²) >= 11 is 0. The Morgan fingerprint density at radius 3 is 2.76 bits per heavy atom. The molecule has 0 unspecified atom stereocenters. The minimum absolute atomic E-state index is 0.244. The van der Waals surface area contributed by atoms with Crippen LogP contribution in [-0.2, 0) is 5.54 Å². The molecule has 1 aliphatic heterocycles. The molecule has 3 rings (SSSR count). The Hall–Kier alpha value is -1.79. The standard InChI is InChI=1S/C15H21N5O/c1-11-5-4-6-17-12(11)13-18-14(19-21-13)15(2,3)20-9-7-16-8-10-20/h4-6,16H,7-10H2,1-3H3. The molecule has 1 aliphatic rings. The number of hydrogen-bond acceptors (Lipinski definition) is 6. The Morgan fingerprint density at radius 2 is 2.05 bits per heavy atom. The van der Waals surface area contributed by atoms with E-state index in [4.69, 9.17) is 4.52 Å². The monoisotopic (exact) mass is 287 g/mol. The lowest BCUT2D eigenvalue weighted by atomic mass is 10.0. The van der Waals surface area contributed by atoms with Crippen LogP contribution in [0.15, 0.2) is 22.9 Å². The smallest absolute Gasteiger partial charge is 0.276 e. The molecule has 6 heteroatoms. The van der Waals surface area contributed by atoms with Crippen molar-refractivity contribution in [1.29, 1.82) is 0 Å². The highest BCUT2D eigenvalue weighted by molar-refractivity contribution is 5.51. The van der Waals surface area contributed by atoms with Gasteiger partial charge < -0.3 is 9.84 Å². The van der Waals surface area contributed by atoms with Crippen molar-refractivity contribution in [3.8, 4) is 11.6 Å². The van der Waals surface area contributed by atoms with Crippen LogP contribution in [0.25, 0.3) is 11.6 Å². The second-order valence-electron chi connectivity index (χ2n) is 5.89. The van der Waals surface area contributed by atoms with Crippen molar-refractivity contribution in [3.63, 3.8) is 0 Å². The number of hydrogen-bond donors (Lipinski definition) is 1. The number of nitrogens with zero attached hydrogens (tertiary/aromatic N) is 4. The second kappa shape index (κ2) is 5.54. The summed E-state index contributed by atoms with van der Waals surface area (Å²) in [6, 6.07) is 3.90. The van der Waals surface area contributed by atoms with Gasteiger partial charge in [0.15, 0.2) is 5.82 Å². The minimum atomic E-state index is -0.244. The first-order valence-corrected chi connectivity index (χ1v) is 7.31. The van der Waals surface area contributed by atoms with E-state index < -0.39 is 0 Å². The van der Waals surface area contributed by atoms with Gasteiger partial charge in [0.1, 0.15) is 5.69 Å². The number of aromatic nitrogens is 3. The normalized spacial score (nSPS) is 17.1. The van der Waals surface area contributed by atoms with E-state index in [0.717, 1.165) is 37.4 Å². The lowest BCUT2D eigenvalue weighted by Gasteiger charge is -2.38. The van der Waals surface area contributed by atoms with Gasteiger partial charge >= 0.3 is 0 Å². The highest BCUT2D eigenvalue weighted by atomic mass is 16.5. The van der Waals surface area contributed by atoms with Gasteiger partial charge in [-0.3, -0.25) is 9.88 Å². The number of piperazine rings is 1. The largest absolute Gasteiger partial charge is 0.332 e. The molecule has 0 saturated carbocycles. The van der Waals surface area contributed by atoms with Gasteiger partial charge in [0.05, 0.1) is 5.54 Å². The van der Waals surface area contributed by atoms with Crippen LogP contribution in [0.1, 0.15) is 25.2 Å². The summed E-state index contributed by atoms with van der Waals surface area (Å²) < 4.78 is 5.44. The summed E-state index contributed by atoms with van der Waals surface area (Å²) in [4.78, 5) is 11.3. The first-order valence-electron chi connectivity index (χ1n) is 7.31. The first-order chi connectivity index (χ1) is 10.1. The van der Waals surface area contributed by atoms with E-state index >= 15 is 0 Å². The fourth-order valence-electron chi connectivity index (χ4n) is 2.64. The van der Waals surface area contributed by atoms with E-state index in [9.17, 15) is 0 Å². The van der Waals surface area contributed by atoms with Gasteiger partial charge in [-0.25, -0.2) is 0 Å². The predicted octanol–water partition coefficient (Wildman–Crippen LogP) is 1.58. The summed E-state index contributed by atoms with van der Waals surface area (Å²) in [6.07, 6.45) is 1.74. The van der Waals surface area contributed by atoms with Crippen molar-refractivity contribution in [2.24, 2.45) is 0 Å². The topological polar surface area (TPSA) is 67.1 Å². The maximum Gasteiger partial charge on any atom is 0.276 e. The highest BCUT2D eigenvalue weighted by Crippen LogP contribution is 2.28. The Labute approximate surface area is 124 Å². The average molecular weight is 287 g/mol. The quantitative estimate of drug-likeness (QED) is 0.924. The van der Waals surface area contributed by atoms with Gasteiger partial charge in [0, 0.05) is 32.4 Å². The maximum atomic E-state index is 5.44. The Bertz CT molecular complexity index is 616. The van der Waals surface area contributed by atoms with Gasteiger partial charge in [0.25, 0.3) is 5.89 Å². The predicted molar refractivity (Wildman–Crippen MR) is 79.7 cm³/mol. The third-order valence-electron chi connectivity index (χ3n) is 4.09. The van der Waals surface area contributed by atoms with Gasteiger partial charge in [-0.05, 0) is 32.4 Å². The van der Waals surface area contributed by atoms with Gasteiger partial charge in [-0.15, -0.1) is 0 Å². The molecule has 6 nitrogen and oxygen atoms in total. The fourth-order valence-corrected chi connectivity index (χ4v) is 2.64. The van der Waals surface area contributed by atoms with Crippen LogP contribution in [0.5, 0.6) is 0 Å². The SMILES string of the molecule is Cc1cccnc1-c1nc(C(C)(C)N2CCNCC2)no1. The number of rotatable bonds is 3. The molecule has 1 saturated heterocycles. The van der Waals surface area contributed by atoms with Crippen LogP contribution in [0.3, 0.4) is 0 Å². The van der Waals surface area contributed by atoms with Crippen LogP contribution in [0.2, 0.25) is 0 Å². The zero-order chi connectivity index (χ0) is 14.9. The Kier molecular flexibility index (Phi) is 3.73. The van der Waals surface area contributed by atoms with Crippen LogP contribution in [-0.4, -0.2) is 46.2 Å².